The minimum atomic E-state index is -0.205. The molecule has 0 amide bonds. The quantitative estimate of drug-likeness (QED) is 0.406. The molecule has 0 bridgehead atoms. The summed E-state index contributed by atoms with van der Waals surface area (Å²) in [5.41, 5.74) is 0. The van der Waals surface area contributed by atoms with Crippen LogP contribution in [0.2, 0.25) is 4.55 Å². The maximum absolute atomic E-state index is 5.80. The molecular formula is C10H21ClMg. The maximum atomic E-state index is 5.80. The molecule has 0 saturated carbocycles. The highest BCUT2D eigenvalue weighted by atomic mass is 35.5. The van der Waals surface area contributed by atoms with E-state index in [4.69, 9.17) is 9.07 Å². The highest BCUT2D eigenvalue weighted by Gasteiger charge is 2.02. The van der Waals surface area contributed by atoms with Gasteiger partial charge in [0.1, 0.15) is 0 Å². The lowest BCUT2D eigenvalue weighted by Crippen LogP contribution is -1.95. The fourth-order valence-corrected chi connectivity index (χ4v) is 3.21. The Morgan fingerprint density at radius 3 is 2.42 bits per heavy atom. The fourth-order valence-electron chi connectivity index (χ4n) is 1.43. The highest BCUT2D eigenvalue weighted by molar-refractivity contribution is 6.93. The van der Waals surface area contributed by atoms with Crippen molar-refractivity contribution in [1.82, 2.24) is 0 Å². The Bertz CT molecular complexity index is 85.9. The maximum Gasteiger partial charge on any atom is 0.501 e. The second kappa shape index (κ2) is 10.1. The van der Waals surface area contributed by atoms with Crippen LogP contribution in [0.25, 0.3) is 0 Å². The summed E-state index contributed by atoms with van der Waals surface area (Å²) in [4.78, 5) is 0. The first-order valence-corrected chi connectivity index (χ1v) is 8.51. The van der Waals surface area contributed by atoms with Crippen molar-refractivity contribution in [2.24, 2.45) is 5.92 Å². The first kappa shape index (κ1) is 13.1. The molecule has 0 aliphatic rings. The van der Waals surface area contributed by atoms with Gasteiger partial charge in [0.05, 0.1) is 0 Å². The van der Waals surface area contributed by atoms with E-state index in [9.17, 15) is 0 Å². The van der Waals surface area contributed by atoms with Crippen LogP contribution in [0.3, 0.4) is 0 Å². The molecule has 12 heavy (non-hydrogen) atoms. The zero-order valence-corrected chi connectivity index (χ0v) is 10.8. The summed E-state index contributed by atoms with van der Waals surface area (Å²) in [7, 11) is 5.80. The Morgan fingerprint density at radius 1 is 1.17 bits per heavy atom. The van der Waals surface area contributed by atoms with Crippen molar-refractivity contribution in [3.63, 3.8) is 0 Å². The summed E-state index contributed by atoms with van der Waals surface area (Å²) in [6.45, 7) is 4.61. The van der Waals surface area contributed by atoms with Gasteiger partial charge in [-0.3, -0.25) is 0 Å². The molecule has 0 aromatic rings. The lowest BCUT2D eigenvalue weighted by molar-refractivity contribution is 0.518. The van der Waals surface area contributed by atoms with Crippen LogP contribution in [0, 0.1) is 5.92 Å². The molecule has 1 atom stereocenters. The van der Waals surface area contributed by atoms with Crippen LogP contribution < -0.4 is 0 Å². The Labute approximate surface area is 90.9 Å². The van der Waals surface area contributed by atoms with Crippen LogP contribution in [-0.4, -0.2) is 19.3 Å². The fraction of sp³-hybridized carbons (Fsp3) is 1.00. The highest BCUT2D eigenvalue weighted by Crippen LogP contribution is 2.14. The third-order valence-corrected chi connectivity index (χ3v) is 4.26. The zero-order chi connectivity index (χ0) is 9.23. The monoisotopic (exact) mass is 200 g/mol. The molecule has 0 radical (unpaired) electrons. The molecule has 0 heterocycles. The lowest BCUT2D eigenvalue weighted by atomic mass is 10.0. The van der Waals surface area contributed by atoms with Gasteiger partial charge in [0.25, 0.3) is 0 Å². The largest absolute Gasteiger partial charge is 0.501 e. The molecule has 0 aromatic heterocycles. The molecule has 0 spiro atoms. The van der Waals surface area contributed by atoms with Crippen molar-refractivity contribution < 1.29 is 0 Å². The zero-order valence-electron chi connectivity index (χ0n) is 8.61. The Kier molecular flexibility index (Phi) is 11.0. The van der Waals surface area contributed by atoms with Crippen LogP contribution in [0.5, 0.6) is 0 Å². The molecule has 0 saturated heterocycles. The molecule has 1 unspecified atom stereocenters. The molecular weight excluding hydrogens is 180 g/mol. The third kappa shape index (κ3) is 9.15. The lowest BCUT2D eigenvalue weighted by Gasteiger charge is -2.08. The van der Waals surface area contributed by atoms with Gasteiger partial charge in [-0.25, -0.2) is 0 Å². The standard InChI is InChI=1S/C10H21.ClH.Mg/c1-4-5-6-7-8-9-10(2)3;;/h10H,2,4-9H2,1,3H3;1H;/q;;+1/p-1. The predicted molar refractivity (Wildman–Crippen MR) is 59.0 cm³/mol. The SMILES string of the molecule is CCCCCCCC(C)[CH2][Mg][Cl]. The first-order valence-electron chi connectivity index (χ1n) is 5.37. The average Bonchev–Trinajstić information content (AvgIpc) is 2.05. The van der Waals surface area contributed by atoms with Crippen molar-refractivity contribution in [2.45, 2.75) is 56.9 Å². The van der Waals surface area contributed by atoms with E-state index in [2.05, 4.69) is 13.8 Å². The summed E-state index contributed by atoms with van der Waals surface area (Å²) in [6.07, 6.45) is 8.46. The minimum Gasteiger partial charge on any atom is -0.346 e. The molecule has 2 heteroatoms. The summed E-state index contributed by atoms with van der Waals surface area (Å²) in [6, 6.07) is 0. The van der Waals surface area contributed by atoms with Crippen LogP contribution >= 0.6 is 9.07 Å². The van der Waals surface area contributed by atoms with Gasteiger partial charge in [-0.1, -0.05) is 58.3 Å². The summed E-state index contributed by atoms with van der Waals surface area (Å²) in [5.74, 6) is 0.899. The molecule has 0 rings (SSSR count). The number of rotatable bonds is 8. The second-order valence-corrected chi connectivity index (χ2v) is 5.87. The molecule has 0 N–H and O–H groups in total. The van der Waals surface area contributed by atoms with E-state index in [-0.39, 0.29) is 19.3 Å². The predicted octanol–water partition coefficient (Wildman–Crippen LogP) is 4.26. The van der Waals surface area contributed by atoms with E-state index in [0.29, 0.717) is 0 Å². The molecule has 0 fully saturated rings. The van der Waals surface area contributed by atoms with E-state index in [1.807, 2.05) is 0 Å². The minimum absolute atomic E-state index is 0.205. The Balaban J connectivity index is 2.97. The van der Waals surface area contributed by atoms with Crippen LogP contribution in [-0.2, 0) is 0 Å². The van der Waals surface area contributed by atoms with E-state index >= 15 is 0 Å². The smallest absolute Gasteiger partial charge is 0.346 e. The normalized spacial score (nSPS) is 12.6. The molecule has 0 aliphatic heterocycles. The van der Waals surface area contributed by atoms with E-state index in [1.54, 1.807) is 0 Å². The number of hydrogen-bond donors (Lipinski definition) is 0. The van der Waals surface area contributed by atoms with E-state index in [0.717, 1.165) is 5.92 Å². The van der Waals surface area contributed by atoms with E-state index in [1.165, 1.54) is 43.1 Å². The average molecular weight is 201 g/mol. The van der Waals surface area contributed by atoms with E-state index < -0.39 is 0 Å². The number of halogens is 1. The van der Waals surface area contributed by atoms with Gasteiger partial charge in [0.15, 0.2) is 0 Å². The molecule has 0 aromatic carbocycles. The van der Waals surface area contributed by atoms with Crippen LogP contribution in [0.15, 0.2) is 0 Å². The van der Waals surface area contributed by atoms with Crippen molar-refractivity contribution in [3.8, 4) is 0 Å². The van der Waals surface area contributed by atoms with Gasteiger partial charge in [-0.2, -0.15) is 0 Å². The van der Waals surface area contributed by atoms with Gasteiger partial charge in [-0.15, -0.1) is 4.55 Å². The van der Waals surface area contributed by atoms with Gasteiger partial charge < -0.3 is 9.07 Å². The topological polar surface area (TPSA) is 0 Å². The summed E-state index contributed by atoms with van der Waals surface area (Å²) < 4.78 is 1.33. The van der Waals surface area contributed by atoms with Gasteiger partial charge >= 0.3 is 19.3 Å². The summed E-state index contributed by atoms with van der Waals surface area (Å²) in [5, 5.41) is 0. The summed E-state index contributed by atoms with van der Waals surface area (Å²) >= 11 is -0.205. The number of unbranched alkanes of at least 4 members (excludes halogenated alkanes) is 4. The Morgan fingerprint density at radius 2 is 1.83 bits per heavy atom. The van der Waals surface area contributed by atoms with Gasteiger partial charge in [0, 0.05) is 0 Å². The molecule has 0 nitrogen and oxygen atoms in total. The van der Waals surface area contributed by atoms with Crippen LogP contribution in [0.1, 0.15) is 52.4 Å². The van der Waals surface area contributed by atoms with Crippen molar-refractivity contribution in [1.29, 1.82) is 0 Å². The van der Waals surface area contributed by atoms with Crippen LogP contribution in [0.4, 0.5) is 0 Å². The third-order valence-electron chi connectivity index (χ3n) is 2.40. The molecule has 0 aliphatic carbocycles. The van der Waals surface area contributed by atoms with Gasteiger partial charge in [-0.05, 0) is 0 Å². The molecule has 70 valence electrons. The second-order valence-electron chi connectivity index (χ2n) is 3.79. The van der Waals surface area contributed by atoms with Crippen molar-refractivity contribution in [2.75, 3.05) is 0 Å². The Hall–Kier alpha value is 1.06. The first-order chi connectivity index (χ1) is 5.81. The van der Waals surface area contributed by atoms with Gasteiger partial charge in [0.2, 0.25) is 0 Å². The number of hydrogen-bond acceptors (Lipinski definition) is 0. The van der Waals surface area contributed by atoms with Crippen molar-refractivity contribution in [3.05, 3.63) is 0 Å². The van der Waals surface area contributed by atoms with Crippen molar-refractivity contribution >= 4 is 28.3 Å².